The van der Waals surface area contributed by atoms with Gasteiger partial charge in [-0.2, -0.15) is 0 Å². The molecule has 1 aromatic carbocycles. The molecule has 0 aliphatic rings. The number of carboxylic acid groups (broad SMARTS) is 1. The number of amides is 5. The van der Waals surface area contributed by atoms with E-state index in [0.717, 1.165) is 5.56 Å². The number of rotatable bonds is 17. The number of nitrogens with zero attached hydrogens (tertiary/aromatic N) is 1. The number of aliphatic carboxylic acids is 1. The Hall–Kier alpha value is -4.79. The number of H-pyrrole nitrogens is 1. The molecule has 4 atom stereocenters. The number of aromatic amines is 1. The Morgan fingerprint density at radius 2 is 1.32 bits per heavy atom. The summed E-state index contributed by atoms with van der Waals surface area (Å²) >= 11 is 0. The van der Waals surface area contributed by atoms with E-state index in [9.17, 15) is 33.9 Å². The second-order valence-corrected chi connectivity index (χ2v) is 9.11. The summed E-state index contributed by atoms with van der Waals surface area (Å²) in [7, 11) is 0. The summed E-state index contributed by atoms with van der Waals surface area (Å²) in [5, 5.41) is 16.8. The Morgan fingerprint density at radius 3 is 1.80 bits per heavy atom. The third kappa shape index (κ3) is 10.9. The third-order valence-electron chi connectivity index (χ3n) is 5.85. The van der Waals surface area contributed by atoms with Crippen LogP contribution in [0.15, 0.2) is 42.9 Å². The first-order chi connectivity index (χ1) is 19.0. The van der Waals surface area contributed by atoms with Gasteiger partial charge in [0.1, 0.15) is 18.1 Å². The quantitative estimate of drug-likeness (QED) is 0.103. The van der Waals surface area contributed by atoms with Crippen LogP contribution in [0.2, 0.25) is 0 Å². The zero-order chi connectivity index (χ0) is 29.7. The molecule has 11 N–H and O–H groups in total. The van der Waals surface area contributed by atoms with Gasteiger partial charge in [0, 0.05) is 31.2 Å². The standard InChI is InChI=1S/C25H34N8O7/c26-16(10-14-4-2-1-3-5-14)22(36)31-17(6-8-20(27)34)23(37)32-18(7-9-21(28)35)24(38)33-19(25(39)40)11-15-12-29-13-30-15/h1-5,12-13,16-19H,6-11,26H2,(H2,27,34)(H2,28,35)(H,29,30)(H,31,36)(H,32,37)(H,33,38)(H,39,40). The van der Waals surface area contributed by atoms with E-state index in [-0.39, 0.29) is 38.5 Å². The molecule has 15 heteroatoms. The predicted octanol–water partition coefficient (Wildman–Crippen LogP) is -2.41. The average molecular weight is 559 g/mol. The molecule has 0 aliphatic heterocycles. The van der Waals surface area contributed by atoms with Crippen molar-refractivity contribution in [2.24, 2.45) is 17.2 Å². The van der Waals surface area contributed by atoms with Gasteiger partial charge in [-0.3, -0.25) is 24.0 Å². The maximum absolute atomic E-state index is 13.2. The molecule has 0 saturated carbocycles. The number of benzene rings is 1. The summed E-state index contributed by atoms with van der Waals surface area (Å²) in [4.78, 5) is 80.0. The summed E-state index contributed by atoms with van der Waals surface area (Å²) in [5.74, 6) is -5.29. The monoisotopic (exact) mass is 558 g/mol. The van der Waals surface area contributed by atoms with Gasteiger partial charge in [0.15, 0.2) is 0 Å². The number of imidazole rings is 1. The average Bonchev–Trinajstić information content (AvgIpc) is 3.41. The van der Waals surface area contributed by atoms with Crippen molar-refractivity contribution >= 4 is 35.5 Å². The van der Waals surface area contributed by atoms with Crippen molar-refractivity contribution in [3.05, 3.63) is 54.1 Å². The van der Waals surface area contributed by atoms with Crippen LogP contribution in [0.5, 0.6) is 0 Å². The normalized spacial score (nSPS) is 13.7. The molecular weight excluding hydrogens is 524 g/mol. The number of nitrogens with one attached hydrogen (secondary N) is 4. The fraction of sp³-hybridized carbons (Fsp3) is 0.400. The zero-order valence-electron chi connectivity index (χ0n) is 21.7. The number of hydrogen-bond acceptors (Lipinski definition) is 8. The molecule has 0 aliphatic carbocycles. The molecule has 15 nitrogen and oxygen atoms in total. The van der Waals surface area contributed by atoms with Crippen LogP contribution in [-0.4, -0.2) is 74.7 Å². The Kier molecular flexibility index (Phi) is 12.2. The van der Waals surface area contributed by atoms with Crippen molar-refractivity contribution in [2.45, 2.75) is 62.7 Å². The Balaban J connectivity index is 2.15. The molecule has 0 saturated heterocycles. The maximum Gasteiger partial charge on any atom is 0.326 e. The van der Waals surface area contributed by atoms with Crippen molar-refractivity contribution in [2.75, 3.05) is 0 Å². The summed E-state index contributed by atoms with van der Waals surface area (Å²) in [6.45, 7) is 0. The topological polar surface area (TPSA) is 265 Å². The van der Waals surface area contributed by atoms with Crippen molar-refractivity contribution in [1.82, 2.24) is 25.9 Å². The summed E-state index contributed by atoms with van der Waals surface area (Å²) in [6.07, 6.45) is 1.75. The molecule has 40 heavy (non-hydrogen) atoms. The first kappa shape index (κ1) is 31.4. The van der Waals surface area contributed by atoms with Crippen LogP contribution in [0.1, 0.15) is 36.9 Å². The van der Waals surface area contributed by atoms with Gasteiger partial charge >= 0.3 is 5.97 Å². The highest BCUT2D eigenvalue weighted by Gasteiger charge is 2.31. The van der Waals surface area contributed by atoms with Gasteiger partial charge in [-0.1, -0.05) is 30.3 Å². The summed E-state index contributed by atoms with van der Waals surface area (Å²) in [6, 6.07) is 3.81. The van der Waals surface area contributed by atoms with Crippen molar-refractivity contribution < 1.29 is 33.9 Å². The number of aromatic nitrogens is 2. The van der Waals surface area contributed by atoms with Crippen LogP contribution in [0.3, 0.4) is 0 Å². The Labute approximate surface area is 229 Å². The number of nitrogens with two attached hydrogens (primary N) is 3. The smallest absolute Gasteiger partial charge is 0.326 e. The highest BCUT2D eigenvalue weighted by molar-refractivity contribution is 5.94. The predicted molar refractivity (Wildman–Crippen MR) is 141 cm³/mol. The van der Waals surface area contributed by atoms with Gasteiger partial charge in [-0.05, 0) is 24.8 Å². The molecular formula is C25H34N8O7. The molecule has 1 aromatic heterocycles. The Bertz CT molecular complexity index is 1170. The molecule has 216 valence electrons. The lowest BCUT2D eigenvalue weighted by Crippen LogP contribution is -2.57. The minimum atomic E-state index is -1.39. The lowest BCUT2D eigenvalue weighted by molar-refractivity contribution is -0.142. The molecule has 0 bridgehead atoms. The van der Waals surface area contributed by atoms with E-state index in [1.54, 1.807) is 30.3 Å². The largest absolute Gasteiger partial charge is 0.480 e. The van der Waals surface area contributed by atoms with Crippen LogP contribution >= 0.6 is 0 Å². The van der Waals surface area contributed by atoms with Crippen LogP contribution in [-0.2, 0) is 41.6 Å². The summed E-state index contributed by atoms with van der Waals surface area (Å²) in [5.41, 5.74) is 17.7. The van der Waals surface area contributed by atoms with E-state index in [4.69, 9.17) is 17.2 Å². The zero-order valence-corrected chi connectivity index (χ0v) is 21.7. The first-order valence-electron chi connectivity index (χ1n) is 12.4. The second-order valence-electron chi connectivity index (χ2n) is 9.11. The van der Waals surface area contributed by atoms with Crippen LogP contribution in [0, 0.1) is 0 Å². The molecule has 2 aromatic rings. The lowest BCUT2D eigenvalue weighted by atomic mass is 10.0. The van der Waals surface area contributed by atoms with Crippen LogP contribution in [0.25, 0.3) is 0 Å². The second kappa shape index (κ2) is 15.6. The van der Waals surface area contributed by atoms with Crippen LogP contribution in [0.4, 0.5) is 0 Å². The molecule has 2 rings (SSSR count). The molecule has 4 unspecified atom stereocenters. The number of carbonyl (C=O) groups excluding carboxylic acids is 5. The van der Waals surface area contributed by atoms with Gasteiger partial charge in [-0.15, -0.1) is 0 Å². The van der Waals surface area contributed by atoms with Gasteiger partial charge < -0.3 is 43.2 Å². The van der Waals surface area contributed by atoms with E-state index in [2.05, 4.69) is 25.9 Å². The number of hydrogen-bond donors (Lipinski definition) is 8. The third-order valence-corrected chi connectivity index (χ3v) is 5.85. The van der Waals surface area contributed by atoms with Gasteiger partial charge in [0.2, 0.25) is 29.5 Å². The molecule has 0 radical (unpaired) electrons. The van der Waals surface area contributed by atoms with Crippen molar-refractivity contribution in [3.8, 4) is 0 Å². The minimum absolute atomic E-state index is 0.131. The van der Waals surface area contributed by atoms with E-state index in [0.29, 0.717) is 5.69 Å². The molecule has 5 amide bonds. The maximum atomic E-state index is 13.2. The Morgan fingerprint density at radius 1 is 0.800 bits per heavy atom. The number of carbonyl (C=O) groups is 6. The fourth-order valence-electron chi connectivity index (χ4n) is 3.71. The van der Waals surface area contributed by atoms with Gasteiger partial charge in [-0.25, -0.2) is 9.78 Å². The summed E-state index contributed by atoms with van der Waals surface area (Å²) < 4.78 is 0. The number of carboxylic acids is 1. The van der Waals surface area contributed by atoms with Crippen LogP contribution < -0.4 is 33.2 Å². The highest BCUT2D eigenvalue weighted by Crippen LogP contribution is 2.07. The van der Waals surface area contributed by atoms with E-state index in [1.807, 2.05) is 0 Å². The van der Waals surface area contributed by atoms with E-state index in [1.165, 1.54) is 12.5 Å². The minimum Gasteiger partial charge on any atom is -0.480 e. The highest BCUT2D eigenvalue weighted by atomic mass is 16.4. The van der Waals surface area contributed by atoms with Gasteiger partial charge in [0.05, 0.1) is 12.4 Å². The first-order valence-corrected chi connectivity index (χ1v) is 12.4. The lowest BCUT2D eigenvalue weighted by Gasteiger charge is -2.25. The SMILES string of the molecule is NC(=O)CCC(NC(=O)C(N)Cc1ccccc1)C(=O)NC(CCC(N)=O)C(=O)NC(Cc1cnc[nH]1)C(=O)O. The molecule has 0 spiro atoms. The molecule has 0 fully saturated rings. The van der Waals surface area contributed by atoms with E-state index < -0.39 is 59.7 Å². The van der Waals surface area contributed by atoms with E-state index >= 15 is 0 Å². The number of primary amides is 2. The fourth-order valence-corrected chi connectivity index (χ4v) is 3.71. The van der Waals surface area contributed by atoms with Crippen molar-refractivity contribution in [3.63, 3.8) is 0 Å². The van der Waals surface area contributed by atoms with Gasteiger partial charge in [0.25, 0.3) is 0 Å². The molecule has 1 heterocycles. The van der Waals surface area contributed by atoms with Crippen molar-refractivity contribution in [1.29, 1.82) is 0 Å².